The Balaban J connectivity index is 1.91. The van der Waals surface area contributed by atoms with Crippen molar-refractivity contribution in [2.24, 2.45) is 5.92 Å². The number of para-hydroxylation sites is 1. The highest BCUT2D eigenvalue weighted by Gasteiger charge is 2.10. The van der Waals surface area contributed by atoms with E-state index in [4.69, 9.17) is 9.72 Å². The molecule has 3 nitrogen and oxygen atoms in total. The number of hydrogen-bond donors (Lipinski definition) is 0. The lowest BCUT2D eigenvalue weighted by molar-refractivity contribution is 0.295. The van der Waals surface area contributed by atoms with E-state index >= 15 is 0 Å². The summed E-state index contributed by atoms with van der Waals surface area (Å²) in [6.07, 6.45) is 14.3. The average Bonchev–Trinajstić information content (AvgIpc) is 2.74. The Hall–Kier alpha value is -1.90. The summed E-state index contributed by atoms with van der Waals surface area (Å²) in [6, 6.07) is 10.2. The summed E-state index contributed by atoms with van der Waals surface area (Å²) in [5.41, 5.74) is 2.13. The summed E-state index contributed by atoms with van der Waals surface area (Å²) in [5.74, 6) is 2.44. The Morgan fingerprint density at radius 2 is 1.71 bits per heavy atom. The third-order valence-electron chi connectivity index (χ3n) is 5.42. The van der Waals surface area contributed by atoms with Crippen molar-refractivity contribution in [3.8, 4) is 17.1 Å². The predicted molar refractivity (Wildman–Crippen MR) is 119 cm³/mol. The van der Waals surface area contributed by atoms with Gasteiger partial charge in [0.2, 0.25) is 0 Å². The van der Waals surface area contributed by atoms with Crippen LogP contribution < -0.4 is 4.74 Å². The van der Waals surface area contributed by atoms with Crippen LogP contribution >= 0.6 is 0 Å². The number of rotatable bonds is 14. The molecule has 0 aliphatic rings. The number of nitrogens with zero attached hydrogens (tertiary/aromatic N) is 2. The monoisotopic (exact) mass is 382 g/mol. The number of aryl methyl sites for hydroxylation is 1. The van der Waals surface area contributed by atoms with Crippen molar-refractivity contribution >= 4 is 0 Å². The molecule has 0 radical (unpaired) electrons. The second kappa shape index (κ2) is 13.3. The van der Waals surface area contributed by atoms with Crippen LogP contribution in [-0.2, 0) is 6.42 Å². The van der Waals surface area contributed by atoms with Gasteiger partial charge in [-0.15, -0.1) is 0 Å². The zero-order chi connectivity index (χ0) is 20.0. The minimum Gasteiger partial charge on any atom is -0.493 e. The van der Waals surface area contributed by atoms with Crippen molar-refractivity contribution in [1.29, 1.82) is 0 Å². The van der Waals surface area contributed by atoms with Crippen LogP contribution in [-0.4, -0.2) is 16.6 Å². The van der Waals surface area contributed by atoms with E-state index in [0.29, 0.717) is 0 Å². The molecule has 1 atom stereocenters. The van der Waals surface area contributed by atoms with Crippen LogP contribution in [0.4, 0.5) is 0 Å². The quantitative estimate of drug-likeness (QED) is 0.323. The molecule has 2 rings (SSSR count). The lowest BCUT2D eigenvalue weighted by Crippen LogP contribution is -2.03. The molecular weight excluding hydrogens is 344 g/mol. The second-order valence-corrected chi connectivity index (χ2v) is 7.89. The first-order valence-corrected chi connectivity index (χ1v) is 11.3. The maximum absolute atomic E-state index is 6.08. The molecule has 2 aromatic rings. The minimum absolute atomic E-state index is 0.749. The zero-order valence-corrected chi connectivity index (χ0v) is 18.1. The summed E-state index contributed by atoms with van der Waals surface area (Å²) in [6.45, 7) is 7.56. The standard InChI is InChI=1S/C25H38N2O/c1-4-6-7-8-9-10-15-22-18-19-26-25(27-22)23-16-11-12-17-24(23)28-20-13-14-21(3)5-2/h11-12,16-19,21H,4-10,13-15,20H2,1-3H3. The normalized spacial score (nSPS) is 12.1. The maximum atomic E-state index is 6.08. The second-order valence-electron chi connectivity index (χ2n) is 7.89. The van der Waals surface area contributed by atoms with Crippen molar-refractivity contribution in [3.63, 3.8) is 0 Å². The molecule has 28 heavy (non-hydrogen) atoms. The molecule has 0 N–H and O–H groups in total. The summed E-state index contributed by atoms with van der Waals surface area (Å²) in [5, 5.41) is 0. The van der Waals surface area contributed by atoms with E-state index < -0.39 is 0 Å². The van der Waals surface area contributed by atoms with Gasteiger partial charge in [0.15, 0.2) is 5.82 Å². The van der Waals surface area contributed by atoms with Crippen LogP contribution in [0.2, 0.25) is 0 Å². The van der Waals surface area contributed by atoms with Gasteiger partial charge < -0.3 is 4.74 Å². The summed E-state index contributed by atoms with van der Waals surface area (Å²) in [4.78, 5) is 9.33. The van der Waals surface area contributed by atoms with Gasteiger partial charge in [0.25, 0.3) is 0 Å². The molecule has 0 bridgehead atoms. The van der Waals surface area contributed by atoms with Crippen LogP contribution in [0.15, 0.2) is 36.5 Å². The maximum Gasteiger partial charge on any atom is 0.163 e. The molecule has 1 aromatic heterocycles. The molecule has 1 unspecified atom stereocenters. The molecular formula is C25H38N2O. The van der Waals surface area contributed by atoms with Gasteiger partial charge in [-0.3, -0.25) is 0 Å². The molecule has 0 aliphatic carbocycles. The summed E-state index contributed by atoms with van der Waals surface area (Å²) >= 11 is 0. The van der Waals surface area contributed by atoms with Gasteiger partial charge in [0.05, 0.1) is 12.2 Å². The molecule has 0 aliphatic heterocycles. The Morgan fingerprint density at radius 1 is 0.929 bits per heavy atom. The molecule has 1 heterocycles. The van der Waals surface area contributed by atoms with Crippen LogP contribution in [0, 0.1) is 5.92 Å². The number of aromatic nitrogens is 2. The first kappa shape index (κ1) is 22.4. The van der Waals surface area contributed by atoms with Crippen molar-refractivity contribution in [1.82, 2.24) is 9.97 Å². The number of unbranched alkanes of at least 4 members (excludes halogenated alkanes) is 5. The highest BCUT2D eigenvalue weighted by atomic mass is 16.5. The molecule has 1 aromatic carbocycles. The van der Waals surface area contributed by atoms with Gasteiger partial charge in [-0.05, 0) is 49.8 Å². The van der Waals surface area contributed by atoms with Gasteiger partial charge in [-0.25, -0.2) is 9.97 Å². The van der Waals surface area contributed by atoms with Crippen LogP contribution in [0.25, 0.3) is 11.4 Å². The molecule has 0 saturated carbocycles. The topological polar surface area (TPSA) is 35.0 Å². The lowest BCUT2D eigenvalue weighted by Gasteiger charge is -2.12. The smallest absolute Gasteiger partial charge is 0.163 e. The SMILES string of the molecule is CCCCCCCCc1ccnc(-c2ccccc2OCCCC(C)CC)n1. The van der Waals surface area contributed by atoms with Crippen molar-refractivity contribution < 1.29 is 4.74 Å². The largest absolute Gasteiger partial charge is 0.493 e. The first-order chi connectivity index (χ1) is 13.7. The van der Waals surface area contributed by atoms with Crippen LogP contribution in [0.1, 0.15) is 84.3 Å². The van der Waals surface area contributed by atoms with Crippen LogP contribution in [0.5, 0.6) is 5.75 Å². The average molecular weight is 383 g/mol. The third-order valence-corrected chi connectivity index (χ3v) is 5.42. The van der Waals surface area contributed by atoms with Crippen molar-refractivity contribution in [3.05, 3.63) is 42.2 Å². The van der Waals surface area contributed by atoms with E-state index in [0.717, 1.165) is 48.2 Å². The van der Waals surface area contributed by atoms with Gasteiger partial charge in [0.1, 0.15) is 5.75 Å². The van der Waals surface area contributed by atoms with E-state index in [9.17, 15) is 0 Å². The van der Waals surface area contributed by atoms with Gasteiger partial charge in [-0.2, -0.15) is 0 Å². The lowest BCUT2D eigenvalue weighted by atomic mass is 10.0. The Labute approximate surface area is 172 Å². The zero-order valence-electron chi connectivity index (χ0n) is 18.1. The summed E-state index contributed by atoms with van der Waals surface area (Å²) in [7, 11) is 0. The number of hydrogen-bond acceptors (Lipinski definition) is 3. The Morgan fingerprint density at radius 3 is 2.54 bits per heavy atom. The minimum atomic E-state index is 0.749. The van der Waals surface area contributed by atoms with Gasteiger partial charge in [-0.1, -0.05) is 71.4 Å². The third kappa shape index (κ3) is 8.00. The molecule has 0 saturated heterocycles. The fourth-order valence-electron chi connectivity index (χ4n) is 3.35. The number of ether oxygens (including phenoxy) is 1. The Kier molecular flexibility index (Phi) is 10.6. The van der Waals surface area contributed by atoms with E-state index in [-0.39, 0.29) is 0 Å². The Bertz CT molecular complexity index is 671. The molecule has 3 heteroatoms. The highest BCUT2D eigenvalue weighted by molar-refractivity contribution is 5.63. The van der Waals surface area contributed by atoms with Crippen LogP contribution in [0.3, 0.4) is 0 Å². The fraction of sp³-hybridized carbons (Fsp3) is 0.600. The molecule has 0 amide bonds. The van der Waals surface area contributed by atoms with E-state index in [1.807, 2.05) is 30.5 Å². The highest BCUT2D eigenvalue weighted by Crippen LogP contribution is 2.27. The number of benzene rings is 1. The molecule has 0 spiro atoms. The first-order valence-electron chi connectivity index (χ1n) is 11.3. The van der Waals surface area contributed by atoms with Crippen molar-refractivity contribution in [2.45, 2.75) is 85.0 Å². The van der Waals surface area contributed by atoms with E-state index in [1.165, 1.54) is 51.4 Å². The summed E-state index contributed by atoms with van der Waals surface area (Å²) < 4.78 is 6.08. The predicted octanol–water partition coefficient (Wildman–Crippen LogP) is 7.25. The van der Waals surface area contributed by atoms with E-state index in [1.54, 1.807) is 0 Å². The van der Waals surface area contributed by atoms with Crippen molar-refractivity contribution in [2.75, 3.05) is 6.61 Å². The van der Waals surface area contributed by atoms with Gasteiger partial charge in [0, 0.05) is 11.9 Å². The molecule has 0 fully saturated rings. The molecule has 154 valence electrons. The van der Waals surface area contributed by atoms with E-state index in [2.05, 4.69) is 31.8 Å². The fourth-order valence-corrected chi connectivity index (χ4v) is 3.35. The van der Waals surface area contributed by atoms with Gasteiger partial charge >= 0.3 is 0 Å².